The number of hydrogen-bond acceptors (Lipinski definition) is 7. The van der Waals surface area contributed by atoms with Crippen molar-refractivity contribution in [3.63, 3.8) is 0 Å². The topological polar surface area (TPSA) is 108 Å². The van der Waals surface area contributed by atoms with Crippen LogP contribution in [0.2, 0.25) is 0 Å². The lowest BCUT2D eigenvalue weighted by atomic mass is 10.0. The van der Waals surface area contributed by atoms with Crippen molar-refractivity contribution in [3.05, 3.63) is 48.6 Å². The van der Waals surface area contributed by atoms with Crippen LogP contribution < -0.4 is 0 Å². The van der Waals surface area contributed by atoms with E-state index in [9.17, 15) is 19.0 Å². The maximum Gasteiger partial charge on any atom is 0.472 e. The van der Waals surface area contributed by atoms with Crippen LogP contribution in [0.25, 0.3) is 0 Å². The summed E-state index contributed by atoms with van der Waals surface area (Å²) >= 11 is 0. The zero-order valence-corrected chi connectivity index (χ0v) is 40.3. The van der Waals surface area contributed by atoms with E-state index in [2.05, 4.69) is 62.5 Å². The van der Waals surface area contributed by atoms with E-state index >= 15 is 0 Å². The number of ether oxygens (including phenoxy) is 2. The minimum atomic E-state index is -4.38. The van der Waals surface area contributed by atoms with E-state index in [1.165, 1.54) is 116 Å². The highest BCUT2D eigenvalue weighted by Crippen LogP contribution is 2.43. The Bertz CT molecular complexity index is 1160. The Hall–Kier alpha value is -2.03. The zero-order valence-electron chi connectivity index (χ0n) is 39.4. The Balaban J connectivity index is 4.35. The summed E-state index contributed by atoms with van der Waals surface area (Å²) in [5, 5.41) is 0. The highest BCUT2D eigenvalue weighted by Gasteiger charge is 2.27. The lowest BCUT2D eigenvalue weighted by Gasteiger charge is -2.24. The fourth-order valence-electron chi connectivity index (χ4n) is 6.53. The molecule has 0 aromatic carbocycles. The number of esters is 2. The van der Waals surface area contributed by atoms with Gasteiger partial charge in [0.1, 0.15) is 19.8 Å². The molecule has 350 valence electrons. The van der Waals surface area contributed by atoms with Crippen LogP contribution in [-0.2, 0) is 32.7 Å². The van der Waals surface area contributed by atoms with Crippen LogP contribution >= 0.6 is 7.82 Å². The quantitative estimate of drug-likeness (QED) is 0.0212. The van der Waals surface area contributed by atoms with E-state index < -0.39 is 32.5 Å². The second-order valence-electron chi connectivity index (χ2n) is 17.5. The lowest BCUT2D eigenvalue weighted by molar-refractivity contribution is -0.870. The number of phosphoric acid groups is 1. The van der Waals surface area contributed by atoms with Crippen LogP contribution in [0.15, 0.2) is 48.6 Å². The summed E-state index contributed by atoms with van der Waals surface area (Å²) in [7, 11) is 1.46. The van der Waals surface area contributed by atoms with Crippen LogP contribution in [0.3, 0.4) is 0 Å². The van der Waals surface area contributed by atoms with Gasteiger partial charge in [-0.25, -0.2) is 4.57 Å². The van der Waals surface area contributed by atoms with Gasteiger partial charge in [-0.2, -0.15) is 0 Å². The number of rotatable bonds is 44. The molecular formula is C50H93NO8P+. The Morgan fingerprint density at radius 2 is 0.900 bits per heavy atom. The smallest absolute Gasteiger partial charge is 0.462 e. The molecule has 2 atom stereocenters. The molecule has 0 bridgehead atoms. The minimum Gasteiger partial charge on any atom is -0.462 e. The summed E-state index contributed by atoms with van der Waals surface area (Å²) in [6.07, 6.45) is 50.1. The Morgan fingerprint density at radius 1 is 0.517 bits per heavy atom. The van der Waals surface area contributed by atoms with Crippen LogP contribution in [0.4, 0.5) is 0 Å². The molecule has 0 spiro atoms. The number of quaternary nitrogens is 1. The summed E-state index contributed by atoms with van der Waals surface area (Å²) in [6, 6.07) is 0. The number of nitrogens with zero attached hydrogens (tertiary/aromatic N) is 1. The largest absolute Gasteiger partial charge is 0.472 e. The van der Waals surface area contributed by atoms with Crippen LogP contribution in [0, 0.1) is 0 Å². The molecule has 1 unspecified atom stereocenters. The molecule has 0 aromatic heterocycles. The average Bonchev–Trinajstić information content (AvgIpc) is 3.20. The van der Waals surface area contributed by atoms with Gasteiger partial charge in [0, 0.05) is 12.8 Å². The molecule has 0 aliphatic heterocycles. The van der Waals surface area contributed by atoms with E-state index in [-0.39, 0.29) is 26.1 Å². The molecule has 1 N–H and O–H groups in total. The van der Waals surface area contributed by atoms with Crippen LogP contribution in [-0.4, -0.2) is 74.9 Å². The number of likely N-dealkylation sites (N-methyl/N-ethyl adjacent to an activating group) is 1. The van der Waals surface area contributed by atoms with Gasteiger partial charge in [0.25, 0.3) is 0 Å². The molecule has 0 aliphatic carbocycles. The van der Waals surface area contributed by atoms with Gasteiger partial charge in [-0.3, -0.25) is 18.6 Å². The molecular weight excluding hydrogens is 774 g/mol. The third-order valence-corrected chi connectivity index (χ3v) is 11.3. The molecule has 0 amide bonds. The number of carbonyl (C=O) groups is 2. The minimum absolute atomic E-state index is 0.0262. The lowest BCUT2D eigenvalue weighted by Crippen LogP contribution is -2.37. The van der Waals surface area contributed by atoms with E-state index in [1.807, 2.05) is 21.1 Å². The average molecular weight is 867 g/mol. The van der Waals surface area contributed by atoms with Gasteiger partial charge in [0.15, 0.2) is 6.10 Å². The molecule has 10 heteroatoms. The molecule has 0 fully saturated rings. The first-order valence-corrected chi connectivity index (χ1v) is 25.9. The molecule has 9 nitrogen and oxygen atoms in total. The van der Waals surface area contributed by atoms with E-state index in [4.69, 9.17) is 18.5 Å². The monoisotopic (exact) mass is 867 g/mol. The van der Waals surface area contributed by atoms with Gasteiger partial charge < -0.3 is 18.9 Å². The fraction of sp³-hybridized carbons (Fsp3) is 0.800. The molecule has 0 radical (unpaired) electrons. The summed E-state index contributed by atoms with van der Waals surface area (Å²) in [5.74, 6) is -0.829. The third kappa shape index (κ3) is 45.5. The first-order chi connectivity index (χ1) is 29.0. The first kappa shape index (κ1) is 58.0. The predicted molar refractivity (Wildman–Crippen MR) is 252 cm³/mol. The summed E-state index contributed by atoms with van der Waals surface area (Å²) in [4.78, 5) is 35.5. The summed E-state index contributed by atoms with van der Waals surface area (Å²) in [5.41, 5.74) is 0. The second-order valence-corrected chi connectivity index (χ2v) is 19.0. The van der Waals surface area contributed by atoms with Gasteiger partial charge in [-0.15, -0.1) is 0 Å². The van der Waals surface area contributed by atoms with Crippen molar-refractivity contribution < 1.29 is 42.1 Å². The van der Waals surface area contributed by atoms with Crippen molar-refractivity contribution in [2.75, 3.05) is 47.5 Å². The fourth-order valence-corrected chi connectivity index (χ4v) is 7.27. The summed E-state index contributed by atoms with van der Waals surface area (Å²) in [6.45, 7) is 4.38. The number of unbranched alkanes of at least 4 members (excludes halogenated alkanes) is 22. The highest BCUT2D eigenvalue weighted by molar-refractivity contribution is 7.47. The van der Waals surface area contributed by atoms with Gasteiger partial charge in [-0.1, -0.05) is 184 Å². The van der Waals surface area contributed by atoms with E-state index in [1.54, 1.807) is 0 Å². The molecule has 0 heterocycles. The van der Waals surface area contributed by atoms with E-state index in [0.717, 1.165) is 51.4 Å². The van der Waals surface area contributed by atoms with Crippen molar-refractivity contribution in [2.24, 2.45) is 0 Å². The first-order valence-electron chi connectivity index (χ1n) is 24.4. The Kier molecular flexibility index (Phi) is 40.8. The maximum atomic E-state index is 12.7. The van der Waals surface area contributed by atoms with E-state index in [0.29, 0.717) is 23.9 Å². The predicted octanol–water partition coefficient (Wildman–Crippen LogP) is 14.2. The normalized spacial score (nSPS) is 13.9. The van der Waals surface area contributed by atoms with Crippen molar-refractivity contribution in [3.8, 4) is 0 Å². The molecule has 0 aromatic rings. The third-order valence-electron chi connectivity index (χ3n) is 10.4. The number of allylic oxidation sites excluding steroid dienone is 8. The van der Waals surface area contributed by atoms with Gasteiger partial charge in [0.05, 0.1) is 27.7 Å². The van der Waals surface area contributed by atoms with Gasteiger partial charge >= 0.3 is 19.8 Å². The van der Waals surface area contributed by atoms with Crippen molar-refractivity contribution in [2.45, 2.75) is 213 Å². The van der Waals surface area contributed by atoms with Crippen molar-refractivity contribution >= 4 is 19.8 Å². The van der Waals surface area contributed by atoms with Gasteiger partial charge in [0.2, 0.25) is 0 Å². The highest BCUT2D eigenvalue weighted by atomic mass is 31.2. The molecule has 60 heavy (non-hydrogen) atoms. The van der Waals surface area contributed by atoms with Crippen LogP contribution in [0.1, 0.15) is 206 Å². The van der Waals surface area contributed by atoms with Crippen LogP contribution in [0.5, 0.6) is 0 Å². The molecule has 0 aliphatic rings. The molecule has 0 saturated carbocycles. The SMILES string of the molecule is CCCCC/C=C/C/C=C/C/C=C/C/C=C/CCCCCC(=O)OC[C@H](COP(=O)(O)OCC[N+](C)(C)C)OC(=O)CCCCCCCCCCCCCCCCCCC. The second kappa shape index (κ2) is 42.3. The Labute approximate surface area is 369 Å². The maximum absolute atomic E-state index is 12.7. The van der Waals surface area contributed by atoms with Crippen molar-refractivity contribution in [1.82, 2.24) is 0 Å². The van der Waals surface area contributed by atoms with Gasteiger partial charge in [-0.05, 0) is 57.8 Å². The molecule has 0 rings (SSSR count). The van der Waals surface area contributed by atoms with Crippen molar-refractivity contribution in [1.29, 1.82) is 0 Å². The number of carbonyl (C=O) groups excluding carboxylic acids is 2. The Morgan fingerprint density at radius 3 is 1.37 bits per heavy atom. The summed E-state index contributed by atoms with van der Waals surface area (Å²) < 4.78 is 34.4. The standard InChI is InChI=1S/C50H92NO8P/c1-6-8-10-12-14-16-18-20-22-24-25-27-28-30-32-34-36-38-40-42-49(52)56-46-48(47-58-60(54,55)57-45-44-51(3,4)5)59-50(53)43-41-39-37-35-33-31-29-26-23-21-19-17-15-13-11-9-7-2/h14,16,20,22,25,27,30,32,48H,6-13,15,17-19,21,23-24,26,28-29,31,33-47H2,1-5H3/p+1/b16-14+,22-20+,27-25+,32-30+/t48-/m1/s1. The molecule has 0 saturated heterocycles. The number of phosphoric ester groups is 1. The number of hydrogen-bond donors (Lipinski definition) is 1. The zero-order chi connectivity index (χ0) is 44.3.